The predicted octanol–water partition coefficient (Wildman–Crippen LogP) is 1.98. The monoisotopic (exact) mass is 269 g/mol. The molecular formula is C15H15N3O2. The summed E-state index contributed by atoms with van der Waals surface area (Å²) in [6.07, 6.45) is 6.58. The van der Waals surface area contributed by atoms with Crippen molar-refractivity contribution in [2.75, 3.05) is 11.9 Å². The van der Waals surface area contributed by atoms with Gasteiger partial charge in [0.05, 0.1) is 0 Å². The predicted molar refractivity (Wildman–Crippen MR) is 74.6 cm³/mol. The lowest BCUT2D eigenvalue weighted by Gasteiger charge is -2.08. The molecule has 0 spiro atoms. The molecular weight excluding hydrogens is 254 g/mol. The lowest BCUT2D eigenvalue weighted by Crippen LogP contribution is -2.21. The fourth-order valence-corrected chi connectivity index (χ4v) is 2.31. The topological polar surface area (TPSA) is 64.1 Å². The van der Waals surface area contributed by atoms with E-state index >= 15 is 0 Å². The van der Waals surface area contributed by atoms with Crippen LogP contribution in [-0.2, 0) is 17.6 Å². The van der Waals surface area contributed by atoms with Gasteiger partial charge in [-0.2, -0.15) is 0 Å². The maximum absolute atomic E-state index is 11.7. The summed E-state index contributed by atoms with van der Waals surface area (Å²) in [5.41, 5.74) is 2.72. The molecule has 1 N–H and O–H groups in total. The summed E-state index contributed by atoms with van der Waals surface area (Å²) in [6, 6.07) is 7.71. The first-order chi connectivity index (χ1) is 9.81. The van der Waals surface area contributed by atoms with Crippen molar-refractivity contribution in [1.82, 2.24) is 9.97 Å². The van der Waals surface area contributed by atoms with Crippen molar-refractivity contribution in [3.05, 3.63) is 47.8 Å². The summed E-state index contributed by atoms with van der Waals surface area (Å²) in [7, 11) is 0. The largest absolute Gasteiger partial charge is 0.484 e. The molecule has 1 amide bonds. The first kappa shape index (κ1) is 12.6. The number of aryl methyl sites for hydroxylation is 2. The maximum Gasteiger partial charge on any atom is 0.264 e. The number of rotatable bonds is 4. The Bertz CT molecular complexity index is 614. The smallest absolute Gasteiger partial charge is 0.264 e. The minimum Gasteiger partial charge on any atom is -0.484 e. The quantitative estimate of drug-likeness (QED) is 0.921. The SMILES string of the molecule is O=C(COc1ccc2c(c1)CCC2)Nc1ncccn1. The number of hydrogen-bond acceptors (Lipinski definition) is 4. The molecule has 0 saturated carbocycles. The molecule has 0 atom stereocenters. The number of nitrogens with zero attached hydrogens (tertiary/aromatic N) is 2. The van der Waals surface area contributed by atoms with E-state index in [-0.39, 0.29) is 18.5 Å². The zero-order valence-electron chi connectivity index (χ0n) is 11.0. The van der Waals surface area contributed by atoms with Gasteiger partial charge in [0.1, 0.15) is 5.75 Å². The normalized spacial score (nSPS) is 12.8. The van der Waals surface area contributed by atoms with Gasteiger partial charge in [0, 0.05) is 12.4 Å². The highest BCUT2D eigenvalue weighted by Crippen LogP contribution is 2.25. The summed E-state index contributed by atoms with van der Waals surface area (Å²) in [4.78, 5) is 19.5. The molecule has 2 aromatic rings. The van der Waals surface area contributed by atoms with Gasteiger partial charge in [-0.05, 0) is 48.6 Å². The summed E-state index contributed by atoms with van der Waals surface area (Å²) in [6.45, 7) is -0.0446. The number of aromatic nitrogens is 2. The van der Waals surface area contributed by atoms with Gasteiger partial charge in [0.2, 0.25) is 5.95 Å². The van der Waals surface area contributed by atoms with Crippen LogP contribution in [-0.4, -0.2) is 22.5 Å². The fourth-order valence-electron chi connectivity index (χ4n) is 2.31. The number of amides is 1. The summed E-state index contributed by atoms with van der Waals surface area (Å²) < 4.78 is 5.50. The van der Waals surface area contributed by atoms with Crippen LogP contribution < -0.4 is 10.1 Å². The Kier molecular flexibility index (Phi) is 3.58. The molecule has 0 unspecified atom stereocenters. The van der Waals surface area contributed by atoms with Gasteiger partial charge < -0.3 is 4.74 Å². The Morgan fingerprint density at radius 2 is 2.00 bits per heavy atom. The van der Waals surface area contributed by atoms with E-state index in [9.17, 15) is 4.79 Å². The molecule has 3 rings (SSSR count). The summed E-state index contributed by atoms with van der Waals surface area (Å²) in [5.74, 6) is 0.751. The van der Waals surface area contributed by atoms with Gasteiger partial charge in [0.15, 0.2) is 6.61 Å². The molecule has 0 fully saturated rings. The molecule has 0 bridgehead atoms. The number of hydrogen-bond donors (Lipinski definition) is 1. The second-order valence-electron chi connectivity index (χ2n) is 4.69. The molecule has 0 saturated heterocycles. The van der Waals surface area contributed by atoms with Crippen molar-refractivity contribution in [2.45, 2.75) is 19.3 Å². The van der Waals surface area contributed by atoms with Crippen molar-refractivity contribution in [3.8, 4) is 5.75 Å². The number of fused-ring (bicyclic) bond motifs is 1. The molecule has 1 aliphatic carbocycles. The molecule has 1 heterocycles. The first-order valence-corrected chi connectivity index (χ1v) is 6.63. The van der Waals surface area contributed by atoms with Crippen molar-refractivity contribution in [2.24, 2.45) is 0 Å². The highest BCUT2D eigenvalue weighted by atomic mass is 16.5. The van der Waals surface area contributed by atoms with E-state index in [1.54, 1.807) is 18.5 Å². The molecule has 20 heavy (non-hydrogen) atoms. The van der Waals surface area contributed by atoms with Crippen LogP contribution in [0.5, 0.6) is 5.75 Å². The van der Waals surface area contributed by atoms with Crippen LogP contribution in [0.25, 0.3) is 0 Å². The van der Waals surface area contributed by atoms with E-state index in [0.717, 1.165) is 18.6 Å². The van der Waals surface area contributed by atoms with Crippen LogP contribution in [0.3, 0.4) is 0 Å². The third-order valence-electron chi connectivity index (χ3n) is 3.26. The number of carbonyl (C=O) groups is 1. The van der Waals surface area contributed by atoms with Gasteiger partial charge >= 0.3 is 0 Å². The Labute approximate surface area is 117 Å². The Hall–Kier alpha value is -2.43. The van der Waals surface area contributed by atoms with Crippen molar-refractivity contribution >= 4 is 11.9 Å². The van der Waals surface area contributed by atoms with Crippen LogP contribution in [0.1, 0.15) is 17.5 Å². The summed E-state index contributed by atoms with van der Waals surface area (Å²) in [5, 5.41) is 2.58. The highest BCUT2D eigenvalue weighted by Gasteiger charge is 2.12. The zero-order chi connectivity index (χ0) is 13.8. The van der Waals surface area contributed by atoms with E-state index in [0.29, 0.717) is 0 Å². The lowest BCUT2D eigenvalue weighted by atomic mass is 10.1. The van der Waals surface area contributed by atoms with Crippen LogP contribution in [0.15, 0.2) is 36.7 Å². The van der Waals surface area contributed by atoms with Crippen LogP contribution >= 0.6 is 0 Å². The molecule has 5 heteroatoms. The fraction of sp³-hybridized carbons (Fsp3) is 0.267. The molecule has 5 nitrogen and oxygen atoms in total. The van der Waals surface area contributed by atoms with E-state index in [2.05, 4.69) is 21.4 Å². The average Bonchev–Trinajstić information content (AvgIpc) is 2.93. The second-order valence-corrected chi connectivity index (χ2v) is 4.69. The van der Waals surface area contributed by atoms with Gasteiger partial charge in [-0.1, -0.05) is 6.07 Å². The highest BCUT2D eigenvalue weighted by molar-refractivity contribution is 5.90. The van der Waals surface area contributed by atoms with Crippen molar-refractivity contribution in [1.29, 1.82) is 0 Å². The Morgan fingerprint density at radius 1 is 1.20 bits per heavy atom. The summed E-state index contributed by atoms with van der Waals surface area (Å²) >= 11 is 0. The minimum atomic E-state index is -0.267. The maximum atomic E-state index is 11.7. The number of ether oxygens (including phenoxy) is 1. The number of nitrogens with one attached hydrogen (secondary N) is 1. The van der Waals surface area contributed by atoms with Crippen LogP contribution in [0, 0.1) is 0 Å². The lowest BCUT2D eigenvalue weighted by molar-refractivity contribution is -0.118. The van der Waals surface area contributed by atoms with Crippen LogP contribution in [0.4, 0.5) is 5.95 Å². The average molecular weight is 269 g/mol. The Balaban J connectivity index is 1.55. The minimum absolute atomic E-state index is 0.0446. The molecule has 1 aliphatic rings. The van der Waals surface area contributed by atoms with Gasteiger partial charge in [-0.3, -0.25) is 10.1 Å². The molecule has 1 aromatic heterocycles. The molecule has 102 valence electrons. The third-order valence-corrected chi connectivity index (χ3v) is 3.26. The van der Waals surface area contributed by atoms with Gasteiger partial charge in [0.25, 0.3) is 5.91 Å². The number of anilines is 1. The standard InChI is InChI=1S/C15H15N3O2/c19-14(18-15-16-7-2-8-17-15)10-20-13-6-5-11-3-1-4-12(11)9-13/h2,5-9H,1,3-4,10H2,(H,16,17,18,19). The Morgan fingerprint density at radius 3 is 2.85 bits per heavy atom. The third kappa shape index (κ3) is 2.93. The van der Waals surface area contributed by atoms with Crippen molar-refractivity contribution < 1.29 is 9.53 Å². The zero-order valence-corrected chi connectivity index (χ0v) is 11.0. The van der Waals surface area contributed by atoms with E-state index < -0.39 is 0 Å². The number of benzene rings is 1. The first-order valence-electron chi connectivity index (χ1n) is 6.63. The van der Waals surface area contributed by atoms with E-state index in [1.165, 1.54) is 17.5 Å². The van der Waals surface area contributed by atoms with Crippen molar-refractivity contribution in [3.63, 3.8) is 0 Å². The molecule has 1 aromatic carbocycles. The number of carbonyl (C=O) groups excluding carboxylic acids is 1. The van der Waals surface area contributed by atoms with E-state index in [4.69, 9.17) is 4.74 Å². The van der Waals surface area contributed by atoms with Crippen LogP contribution in [0.2, 0.25) is 0 Å². The van der Waals surface area contributed by atoms with E-state index in [1.807, 2.05) is 12.1 Å². The second kappa shape index (κ2) is 5.69. The molecule has 0 aliphatic heterocycles. The van der Waals surface area contributed by atoms with Gasteiger partial charge in [-0.25, -0.2) is 9.97 Å². The molecule has 0 radical (unpaired) electrons. The van der Waals surface area contributed by atoms with Gasteiger partial charge in [-0.15, -0.1) is 0 Å².